The fraction of sp³-hybridized carbons (Fsp3) is 0.619. The third-order valence-corrected chi connectivity index (χ3v) is 5.64. The van der Waals surface area contributed by atoms with E-state index in [1.54, 1.807) is 0 Å². The van der Waals surface area contributed by atoms with Crippen LogP contribution >= 0.6 is 12.4 Å². The van der Waals surface area contributed by atoms with Crippen LogP contribution in [-0.2, 0) is 14.3 Å². The van der Waals surface area contributed by atoms with E-state index in [9.17, 15) is 9.59 Å². The Kier molecular flexibility index (Phi) is 7.29. The summed E-state index contributed by atoms with van der Waals surface area (Å²) in [6.45, 7) is 7.68. The summed E-state index contributed by atoms with van der Waals surface area (Å²) in [5.41, 5.74) is 2.29. The number of hydrogen-bond acceptors (Lipinski definition) is 4. The molecule has 2 fully saturated rings. The van der Waals surface area contributed by atoms with E-state index in [4.69, 9.17) is 4.74 Å². The Hall–Kier alpha value is -1.59. The van der Waals surface area contributed by atoms with E-state index < -0.39 is 0 Å². The summed E-state index contributed by atoms with van der Waals surface area (Å²) in [5, 5.41) is 6.49. The third-order valence-electron chi connectivity index (χ3n) is 5.64. The Morgan fingerprint density at radius 3 is 2.44 bits per heavy atom. The zero-order valence-corrected chi connectivity index (χ0v) is 17.2. The summed E-state index contributed by atoms with van der Waals surface area (Å²) in [6, 6.07) is 7.64. The predicted molar refractivity (Wildman–Crippen MR) is 108 cm³/mol. The van der Waals surface area contributed by atoms with Crippen LogP contribution in [0.15, 0.2) is 24.3 Å². The number of benzene rings is 1. The lowest BCUT2D eigenvalue weighted by Crippen LogP contribution is -2.36. The van der Waals surface area contributed by atoms with Gasteiger partial charge in [-0.1, -0.05) is 29.8 Å². The fourth-order valence-electron chi connectivity index (χ4n) is 4.00. The van der Waals surface area contributed by atoms with Crippen LogP contribution < -0.4 is 10.6 Å². The highest BCUT2D eigenvalue weighted by atomic mass is 35.5. The van der Waals surface area contributed by atoms with Crippen LogP contribution in [0.3, 0.4) is 0 Å². The molecule has 1 aliphatic heterocycles. The molecule has 150 valence electrons. The van der Waals surface area contributed by atoms with E-state index in [-0.39, 0.29) is 54.2 Å². The minimum absolute atomic E-state index is 0. The number of nitrogens with one attached hydrogen (secondary N) is 2. The van der Waals surface area contributed by atoms with Gasteiger partial charge in [0.25, 0.3) is 0 Å². The summed E-state index contributed by atoms with van der Waals surface area (Å²) in [6.07, 6.45) is 3.11. The third kappa shape index (κ3) is 5.45. The number of hydrogen-bond donors (Lipinski definition) is 2. The average molecular weight is 395 g/mol. The van der Waals surface area contributed by atoms with Gasteiger partial charge in [0.2, 0.25) is 5.91 Å². The van der Waals surface area contributed by atoms with Gasteiger partial charge in [-0.3, -0.25) is 9.59 Å². The van der Waals surface area contributed by atoms with Gasteiger partial charge in [0.15, 0.2) is 0 Å². The lowest BCUT2D eigenvalue weighted by atomic mass is 9.91. The van der Waals surface area contributed by atoms with Gasteiger partial charge in [-0.15, -0.1) is 12.4 Å². The first-order chi connectivity index (χ1) is 12.4. The number of halogens is 1. The number of ether oxygens (including phenoxy) is 1. The predicted octanol–water partition coefficient (Wildman–Crippen LogP) is 3.31. The molecule has 1 aromatic rings. The number of carbonyl (C=O) groups excluding carboxylic acids is 2. The van der Waals surface area contributed by atoms with E-state index in [0.717, 1.165) is 43.5 Å². The molecule has 2 N–H and O–H groups in total. The van der Waals surface area contributed by atoms with Gasteiger partial charge >= 0.3 is 5.97 Å². The molecule has 1 aromatic carbocycles. The Labute approximate surface area is 168 Å². The Morgan fingerprint density at radius 2 is 1.85 bits per heavy atom. The van der Waals surface area contributed by atoms with Gasteiger partial charge in [-0.25, -0.2) is 0 Å². The maximum atomic E-state index is 12.8. The monoisotopic (exact) mass is 394 g/mol. The summed E-state index contributed by atoms with van der Waals surface area (Å²) in [7, 11) is 0. The van der Waals surface area contributed by atoms with Crippen molar-refractivity contribution >= 4 is 24.3 Å². The van der Waals surface area contributed by atoms with Crippen molar-refractivity contribution < 1.29 is 14.3 Å². The molecule has 1 heterocycles. The first-order valence-corrected chi connectivity index (χ1v) is 9.67. The van der Waals surface area contributed by atoms with Crippen LogP contribution in [0.2, 0.25) is 0 Å². The van der Waals surface area contributed by atoms with Crippen molar-refractivity contribution in [2.24, 2.45) is 11.3 Å². The molecule has 2 aliphatic rings. The summed E-state index contributed by atoms with van der Waals surface area (Å²) < 4.78 is 5.29. The van der Waals surface area contributed by atoms with Crippen molar-refractivity contribution in [1.29, 1.82) is 0 Å². The van der Waals surface area contributed by atoms with Gasteiger partial charge in [0.1, 0.15) is 0 Å². The van der Waals surface area contributed by atoms with E-state index in [0.29, 0.717) is 0 Å². The molecule has 5 nitrogen and oxygen atoms in total. The molecule has 0 aromatic heterocycles. The number of amides is 1. The summed E-state index contributed by atoms with van der Waals surface area (Å²) >= 11 is 0. The van der Waals surface area contributed by atoms with E-state index in [1.165, 1.54) is 0 Å². The molecule has 6 heteroatoms. The SMILES string of the molecule is Cc1ccc(C(CC(=O)OC(C)C)NC(=O)C2CC23CCNCC3)cc1.Cl. The summed E-state index contributed by atoms with van der Waals surface area (Å²) in [4.78, 5) is 25.0. The molecule has 3 rings (SSSR count). The molecule has 1 aliphatic carbocycles. The maximum absolute atomic E-state index is 12.8. The minimum Gasteiger partial charge on any atom is -0.463 e. The summed E-state index contributed by atoms with van der Waals surface area (Å²) in [5.74, 6) is -0.119. The van der Waals surface area contributed by atoms with E-state index >= 15 is 0 Å². The van der Waals surface area contributed by atoms with Crippen molar-refractivity contribution in [3.05, 3.63) is 35.4 Å². The highest BCUT2D eigenvalue weighted by Crippen LogP contribution is 2.58. The zero-order chi connectivity index (χ0) is 18.7. The van der Waals surface area contributed by atoms with Crippen molar-refractivity contribution in [3.63, 3.8) is 0 Å². The van der Waals surface area contributed by atoms with Gasteiger partial charge in [-0.2, -0.15) is 0 Å². The molecule has 1 saturated carbocycles. The first-order valence-electron chi connectivity index (χ1n) is 9.67. The van der Waals surface area contributed by atoms with Crippen molar-refractivity contribution in [3.8, 4) is 0 Å². The highest BCUT2D eigenvalue weighted by Gasteiger charge is 2.57. The number of rotatable bonds is 6. The largest absolute Gasteiger partial charge is 0.463 e. The maximum Gasteiger partial charge on any atom is 0.308 e. The second-order valence-electron chi connectivity index (χ2n) is 8.08. The first kappa shape index (κ1) is 21.7. The quantitative estimate of drug-likeness (QED) is 0.726. The Bertz CT molecular complexity index is 654. The van der Waals surface area contributed by atoms with Crippen LogP contribution in [0.5, 0.6) is 0 Å². The van der Waals surface area contributed by atoms with Crippen LogP contribution in [0.1, 0.15) is 56.7 Å². The van der Waals surface area contributed by atoms with E-state index in [2.05, 4.69) is 10.6 Å². The molecule has 1 amide bonds. The standard InChI is InChI=1S/C21H30N2O3.ClH/c1-14(2)26-19(24)12-18(16-6-4-15(3)5-7-16)23-20(25)17-13-21(17)8-10-22-11-9-21;/h4-7,14,17-18,22H,8-13H2,1-3H3,(H,23,25);1H. The molecular weight excluding hydrogens is 364 g/mol. The van der Waals surface area contributed by atoms with E-state index in [1.807, 2.05) is 45.0 Å². The lowest BCUT2D eigenvalue weighted by molar-refractivity contribution is -0.148. The minimum atomic E-state index is -0.339. The highest BCUT2D eigenvalue weighted by molar-refractivity contribution is 5.85. The number of aryl methyl sites for hydroxylation is 1. The van der Waals surface area contributed by atoms with Crippen molar-refractivity contribution in [2.75, 3.05) is 13.1 Å². The molecule has 2 atom stereocenters. The van der Waals surface area contributed by atoms with Gasteiger partial charge < -0.3 is 15.4 Å². The molecule has 1 saturated heterocycles. The second-order valence-corrected chi connectivity index (χ2v) is 8.08. The number of carbonyl (C=O) groups is 2. The van der Waals surface area contributed by atoms with Crippen molar-refractivity contribution in [2.45, 2.75) is 58.6 Å². The number of esters is 1. The molecule has 2 unspecified atom stereocenters. The Morgan fingerprint density at radius 1 is 1.22 bits per heavy atom. The van der Waals surface area contributed by atoms with Gasteiger partial charge in [0, 0.05) is 5.92 Å². The van der Waals surface area contributed by atoms with Crippen LogP contribution in [0.4, 0.5) is 0 Å². The van der Waals surface area contributed by atoms with Gasteiger partial charge in [0.05, 0.1) is 18.6 Å². The molecule has 27 heavy (non-hydrogen) atoms. The topological polar surface area (TPSA) is 67.4 Å². The molecular formula is C21H31ClN2O3. The lowest BCUT2D eigenvalue weighted by Gasteiger charge is -2.24. The van der Waals surface area contributed by atoms with Crippen LogP contribution in [-0.4, -0.2) is 31.1 Å². The molecule has 0 bridgehead atoms. The smallest absolute Gasteiger partial charge is 0.308 e. The fourth-order valence-corrected chi connectivity index (χ4v) is 4.00. The van der Waals surface area contributed by atoms with Crippen molar-refractivity contribution in [1.82, 2.24) is 10.6 Å². The average Bonchev–Trinajstić information content (AvgIpc) is 3.28. The zero-order valence-electron chi connectivity index (χ0n) is 16.4. The Balaban J connectivity index is 0.00000261. The van der Waals surface area contributed by atoms with Crippen LogP contribution in [0.25, 0.3) is 0 Å². The van der Waals surface area contributed by atoms with Gasteiger partial charge in [-0.05, 0) is 64.1 Å². The second kappa shape index (κ2) is 9.07. The molecule has 0 radical (unpaired) electrons. The normalized spacial score (nSPS) is 21.3. The number of piperidine rings is 1. The molecule has 1 spiro atoms. The van der Waals surface area contributed by atoms with Crippen LogP contribution in [0, 0.1) is 18.3 Å².